The number of halogens is 2. The zero-order valence-electron chi connectivity index (χ0n) is 16.9. The van der Waals surface area contributed by atoms with Crippen LogP contribution < -0.4 is 4.90 Å². The summed E-state index contributed by atoms with van der Waals surface area (Å²) in [5.41, 5.74) is 1.04. The van der Waals surface area contributed by atoms with E-state index in [0.717, 1.165) is 5.69 Å². The van der Waals surface area contributed by atoms with Gasteiger partial charge in [-0.3, -0.25) is 14.9 Å². The van der Waals surface area contributed by atoms with Gasteiger partial charge in [0.2, 0.25) is 0 Å². The molecule has 4 rings (SSSR count). The number of amides is 1. The lowest BCUT2D eigenvalue weighted by atomic mass is 10.1. The van der Waals surface area contributed by atoms with Crippen LogP contribution in [0.4, 0.5) is 15.8 Å². The van der Waals surface area contributed by atoms with Crippen molar-refractivity contribution in [3.05, 3.63) is 93.2 Å². The maximum absolute atomic E-state index is 13.1. The molecule has 1 saturated heterocycles. The summed E-state index contributed by atoms with van der Waals surface area (Å²) in [5.74, 6) is -0.540. The van der Waals surface area contributed by atoms with Gasteiger partial charge in [0.15, 0.2) is 0 Å². The average Bonchev–Trinajstić information content (AvgIpc) is 2.81. The lowest BCUT2D eigenvalue weighted by molar-refractivity contribution is -0.387. The quantitative estimate of drug-likeness (QED) is 0.363. The van der Waals surface area contributed by atoms with Crippen molar-refractivity contribution in [2.24, 2.45) is 0 Å². The molecule has 1 fully saturated rings. The summed E-state index contributed by atoms with van der Waals surface area (Å²) >= 11 is 7.37. The Kier molecular flexibility index (Phi) is 6.62. The van der Waals surface area contributed by atoms with Gasteiger partial charge < -0.3 is 9.80 Å². The molecule has 0 radical (unpaired) electrons. The SMILES string of the molecule is O=C(c1ccc(Sc2ccccc2Cl)c([N+](=O)[O-])c1)N1CCN(c2ccc(F)cc2)CC1. The molecule has 1 aliphatic heterocycles. The number of piperazine rings is 1. The van der Waals surface area contributed by atoms with Crippen LogP contribution in [0.5, 0.6) is 0 Å². The van der Waals surface area contributed by atoms with E-state index in [1.165, 1.54) is 30.0 Å². The standard InChI is InChI=1S/C23H19ClFN3O3S/c24-19-3-1-2-4-21(19)32-22-10-5-16(15-20(22)28(30)31)23(29)27-13-11-26(12-14-27)18-8-6-17(25)7-9-18/h1-10,15H,11-14H2. The maximum atomic E-state index is 13.1. The van der Waals surface area contributed by atoms with E-state index in [1.54, 1.807) is 47.4 Å². The minimum Gasteiger partial charge on any atom is -0.368 e. The predicted molar refractivity (Wildman–Crippen MR) is 123 cm³/mol. The summed E-state index contributed by atoms with van der Waals surface area (Å²) in [6.07, 6.45) is 0. The van der Waals surface area contributed by atoms with Gasteiger partial charge in [0.25, 0.3) is 11.6 Å². The predicted octanol–water partition coefficient (Wildman–Crippen LogP) is 5.50. The van der Waals surface area contributed by atoms with E-state index in [9.17, 15) is 19.3 Å². The summed E-state index contributed by atoms with van der Waals surface area (Å²) in [7, 11) is 0. The van der Waals surface area contributed by atoms with Gasteiger partial charge >= 0.3 is 0 Å². The first-order chi connectivity index (χ1) is 15.4. The average molecular weight is 472 g/mol. The maximum Gasteiger partial charge on any atom is 0.284 e. The second kappa shape index (κ2) is 9.58. The summed E-state index contributed by atoms with van der Waals surface area (Å²) in [4.78, 5) is 29.1. The Bertz CT molecular complexity index is 1150. The number of nitro groups is 1. The van der Waals surface area contributed by atoms with Gasteiger partial charge in [-0.2, -0.15) is 0 Å². The largest absolute Gasteiger partial charge is 0.368 e. The summed E-state index contributed by atoms with van der Waals surface area (Å²) in [5, 5.41) is 12.2. The third-order valence-corrected chi connectivity index (χ3v) is 6.80. The Balaban J connectivity index is 1.48. The molecule has 9 heteroatoms. The van der Waals surface area contributed by atoms with E-state index in [-0.39, 0.29) is 23.0 Å². The number of carbonyl (C=O) groups is 1. The zero-order chi connectivity index (χ0) is 22.7. The van der Waals surface area contributed by atoms with Crippen molar-refractivity contribution in [3.8, 4) is 0 Å². The van der Waals surface area contributed by atoms with Gasteiger partial charge in [-0.1, -0.05) is 35.5 Å². The van der Waals surface area contributed by atoms with Crippen LogP contribution in [0.15, 0.2) is 76.5 Å². The van der Waals surface area contributed by atoms with Crippen LogP contribution in [0, 0.1) is 15.9 Å². The number of nitro benzene ring substituents is 1. The summed E-state index contributed by atoms with van der Waals surface area (Å²) in [6.45, 7) is 2.14. The number of benzene rings is 3. The third-order valence-electron chi connectivity index (χ3n) is 5.22. The highest BCUT2D eigenvalue weighted by Crippen LogP contribution is 2.38. The number of hydrogen-bond acceptors (Lipinski definition) is 5. The molecule has 1 aliphatic rings. The second-order valence-electron chi connectivity index (χ2n) is 7.23. The minimum absolute atomic E-state index is 0.134. The van der Waals surface area contributed by atoms with Gasteiger partial charge in [0.05, 0.1) is 14.8 Å². The smallest absolute Gasteiger partial charge is 0.284 e. The number of carbonyl (C=O) groups excluding carboxylic acids is 1. The van der Waals surface area contributed by atoms with Crippen molar-refractivity contribution in [1.29, 1.82) is 0 Å². The molecule has 0 bridgehead atoms. The zero-order valence-corrected chi connectivity index (χ0v) is 18.5. The molecule has 3 aromatic carbocycles. The van der Waals surface area contributed by atoms with Crippen molar-refractivity contribution in [1.82, 2.24) is 4.90 Å². The van der Waals surface area contributed by atoms with E-state index < -0.39 is 4.92 Å². The molecule has 0 spiro atoms. The van der Waals surface area contributed by atoms with Crippen LogP contribution in [0.25, 0.3) is 0 Å². The second-order valence-corrected chi connectivity index (χ2v) is 8.72. The monoisotopic (exact) mass is 471 g/mol. The highest BCUT2D eigenvalue weighted by Gasteiger charge is 2.25. The Morgan fingerprint density at radius 1 is 0.969 bits per heavy atom. The molecule has 0 aliphatic carbocycles. The molecule has 164 valence electrons. The fourth-order valence-corrected chi connectivity index (χ4v) is 4.70. The summed E-state index contributed by atoms with van der Waals surface area (Å²) in [6, 6.07) is 17.9. The Hall–Kier alpha value is -3.10. The fraction of sp³-hybridized carbons (Fsp3) is 0.174. The number of rotatable bonds is 5. The van der Waals surface area contributed by atoms with E-state index in [2.05, 4.69) is 4.90 Å². The van der Waals surface area contributed by atoms with Crippen LogP contribution in [-0.4, -0.2) is 41.9 Å². The lowest BCUT2D eigenvalue weighted by Gasteiger charge is -2.36. The van der Waals surface area contributed by atoms with Crippen LogP contribution in [0.1, 0.15) is 10.4 Å². The molecule has 6 nitrogen and oxygen atoms in total. The van der Waals surface area contributed by atoms with Crippen LogP contribution in [-0.2, 0) is 0 Å². The number of hydrogen-bond donors (Lipinski definition) is 0. The van der Waals surface area contributed by atoms with Crippen molar-refractivity contribution < 1.29 is 14.1 Å². The summed E-state index contributed by atoms with van der Waals surface area (Å²) < 4.78 is 13.1. The Morgan fingerprint density at radius 2 is 1.66 bits per heavy atom. The fourth-order valence-electron chi connectivity index (χ4n) is 3.53. The van der Waals surface area contributed by atoms with Crippen molar-refractivity contribution in [3.63, 3.8) is 0 Å². The lowest BCUT2D eigenvalue weighted by Crippen LogP contribution is -2.48. The van der Waals surface area contributed by atoms with Crippen LogP contribution >= 0.6 is 23.4 Å². The molecule has 0 unspecified atom stereocenters. The molecule has 1 amide bonds. The molecular formula is C23H19ClFN3O3S. The third kappa shape index (κ3) is 4.87. The van der Waals surface area contributed by atoms with E-state index >= 15 is 0 Å². The van der Waals surface area contributed by atoms with Gasteiger partial charge in [-0.25, -0.2) is 4.39 Å². The van der Waals surface area contributed by atoms with E-state index in [4.69, 9.17) is 11.6 Å². The van der Waals surface area contributed by atoms with Crippen LogP contribution in [0.2, 0.25) is 5.02 Å². The first-order valence-corrected chi connectivity index (χ1v) is 11.1. The van der Waals surface area contributed by atoms with Gasteiger partial charge in [-0.05, 0) is 48.5 Å². The minimum atomic E-state index is -0.484. The molecular weight excluding hydrogens is 453 g/mol. The molecule has 0 N–H and O–H groups in total. The van der Waals surface area contributed by atoms with Gasteiger partial charge in [0, 0.05) is 48.4 Å². The number of anilines is 1. The van der Waals surface area contributed by atoms with Crippen LogP contribution in [0.3, 0.4) is 0 Å². The molecule has 0 atom stereocenters. The highest BCUT2D eigenvalue weighted by molar-refractivity contribution is 7.99. The van der Waals surface area contributed by atoms with E-state index in [1.807, 2.05) is 6.07 Å². The molecule has 3 aromatic rings. The first-order valence-electron chi connectivity index (χ1n) is 9.93. The molecule has 0 aromatic heterocycles. The topological polar surface area (TPSA) is 66.7 Å². The van der Waals surface area contributed by atoms with Crippen molar-refractivity contribution >= 4 is 40.6 Å². The Morgan fingerprint density at radius 3 is 2.31 bits per heavy atom. The van der Waals surface area contributed by atoms with E-state index in [0.29, 0.717) is 41.0 Å². The normalized spacial score (nSPS) is 13.8. The number of nitrogens with zero attached hydrogens (tertiary/aromatic N) is 3. The molecule has 1 heterocycles. The van der Waals surface area contributed by atoms with Crippen molar-refractivity contribution in [2.45, 2.75) is 9.79 Å². The highest BCUT2D eigenvalue weighted by atomic mass is 35.5. The Labute approximate surface area is 193 Å². The van der Waals surface area contributed by atoms with Gasteiger partial charge in [-0.15, -0.1) is 0 Å². The van der Waals surface area contributed by atoms with Crippen molar-refractivity contribution in [2.75, 3.05) is 31.1 Å². The molecule has 32 heavy (non-hydrogen) atoms. The molecule has 0 saturated carbocycles. The van der Waals surface area contributed by atoms with Gasteiger partial charge in [0.1, 0.15) is 5.82 Å². The first kappa shape index (κ1) is 22.1.